The minimum atomic E-state index is 0. The van der Waals surface area contributed by atoms with E-state index in [1.165, 1.54) is 16.5 Å². The van der Waals surface area contributed by atoms with Crippen LogP contribution in [-0.2, 0) is 12.8 Å². The normalized spacial score (nSPS) is 11.1. The highest BCUT2D eigenvalue weighted by molar-refractivity contribution is 14.0. The maximum absolute atomic E-state index is 12.1. The molecule has 1 heterocycles. The zero-order chi connectivity index (χ0) is 21.3. The second kappa shape index (κ2) is 12.3. The van der Waals surface area contributed by atoms with Gasteiger partial charge in [-0.3, -0.25) is 9.79 Å². The highest BCUT2D eigenvalue weighted by Gasteiger charge is 2.08. The summed E-state index contributed by atoms with van der Waals surface area (Å²) in [6, 6.07) is 16.2. The van der Waals surface area contributed by atoms with Crippen molar-refractivity contribution in [3.05, 3.63) is 71.4 Å². The number of guanidine groups is 1. The Kier molecular flexibility index (Phi) is 9.84. The standard InChI is InChI=1S/C24H31N5O.HI/c1-25-24(26-14-7-10-20-17-28-22-12-5-4-11-21(20)22)27-15-13-18-8-6-9-19(16-18)23(30)29(2)3;/h4-6,8-9,11-12,16-17,28H,7,10,13-15H2,1-3H3,(H2,25,26,27);1H. The van der Waals surface area contributed by atoms with Crippen LogP contribution in [0.5, 0.6) is 0 Å². The number of nitrogens with zero attached hydrogens (tertiary/aromatic N) is 2. The van der Waals surface area contributed by atoms with E-state index in [0.29, 0.717) is 0 Å². The second-order valence-corrected chi connectivity index (χ2v) is 7.54. The summed E-state index contributed by atoms with van der Waals surface area (Å²) in [4.78, 5) is 21.3. The Morgan fingerprint density at radius 3 is 2.58 bits per heavy atom. The summed E-state index contributed by atoms with van der Waals surface area (Å²) < 4.78 is 0. The maximum Gasteiger partial charge on any atom is 0.253 e. The first-order valence-electron chi connectivity index (χ1n) is 10.4. The molecule has 0 aliphatic heterocycles. The molecule has 0 aliphatic carbocycles. The smallest absolute Gasteiger partial charge is 0.253 e. The largest absolute Gasteiger partial charge is 0.361 e. The first-order valence-corrected chi connectivity index (χ1v) is 10.4. The van der Waals surface area contributed by atoms with Crippen LogP contribution in [0.25, 0.3) is 10.9 Å². The number of fused-ring (bicyclic) bond motifs is 1. The van der Waals surface area contributed by atoms with Crippen molar-refractivity contribution in [2.24, 2.45) is 4.99 Å². The summed E-state index contributed by atoms with van der Waals surface area (Å²) >= 11 is 0. The van der Waals surface area contributed by atoms with Crippen LogP contribution in [0, 0.1) is 0 Å². The van der Waals surface area contributed by atoms with Gasteiger partial charge in [0, 0.05) is 56.9 Å². The Morgan fingerprint density at radius 2 is 1.81 bits per heavy atom. The van der Waals surface area contributed by atoms with E-state index < -0.39 is 0 Å². The van der Waals surface area contributed by atoms with Gasteiger partial charge in [-0.05, 0) is 48.6 Å². The van der Waals surface area contributed by atoms with Crippen molar-refractivity contribution in [2.75, 3.05) is 34.2 Å². The average Bonchev–Trinajstić information content (AvgIpc) is 3.18. The van der Waals surface area contributed by atoms with Gasteiger partial charge in [0.2, 0.25) is 0 Å². The zero-order valence-corrected chi connectivity index (χ0v) is 20.8. The van der Waals surface area contributed by atoms with Gasteiger partial charge in [-0.25, -0.2) is 0 Å². The van der Waals surface area contributed by atoms with Crippen LogP contribution < -0.4 is 10.6 Å². The number of para-hydroxylation sites is 1. The number of carbonyl (C=O) groups is 1. The number of benzene rings is 2. The molecule has 0 atom stereocenters. The number of hydrogen-bond donors (Lipinski definition) is 3. The molecule has 0 aliphatic rings. The molecule has 31 heavy (non-hydrogen) atoms. The van der Waals surface area contributed by atoms with Crippen LogP contribution in [0.1, 0.15) is 27.9 Å². The summed E-state index contributed by atoms with van der Waals surface area (Å²) in [5, 5.41) is 8.03. The number of halogens is 1. The molecular formula is C24H32IN5O. The number of H-pyrrole nitrogens is 1. The number of aromatic nitrogens is 1. The molecule has 3 aromatic rings. The lowest BCUT2D eigenvalue weighted by Gasteiger charge is -2.13. The van der Waals surface area contributed by atoms with Crippen molar-refractivity contribution in [1.82, 2.24) is 20.5 Å². The van der Waals surface area contributed by atoms with Crippen molar-refractivity contribution >= 4 is 46.7 Å². The van der Waals surface area contributed by atoms with Crippen molar-refractivity contribution in [3.63, 3.8) is 0 Å². The fraction of sp³-hybridized carbons (Fsp3) is 0.333. The molecule has 0 saturated carbocycles. The minimum Gasteiger partial charge on any atom is -0.361 e. The fourth-order valence-electron chi connectivity index (χ4n) is 3.49. The zero-order valence-electron chi connectivity index (χ0n) is 18.4. The van der Waals surface area contributed by atoms with Crippen molar-refractivity contribution in [3.8, 4) is 0 Å². The highest BCUT2D eigenvalue weighted by atomic mass is 127. The molecule has 0 radical (unpaired) electrons. The third-order valence-corrected chi connectivity index (χ3v) is 5.10. The number of hydrogen-bond acceptors (Lipinski definition) is 2. The van der Waals surface area contributed by atoms with Gasteiger partial charge in [0.15, 0.2) is 5.96 Å². The first-order chi connectivity index (χ1) is 14.6. The molecule has 0 bridgehead atoms. The summed E-state index contributed by atoms with van der Waals surface area (Å²) in [5.41, 5.74) is 4.39. The fourth-order valence-corrected chi connectivity index (χ4v) is 3.49. The van der Waals surface area contributed by atoms with Crippen molar-refractivity contribution in [2.45, 2.75) is 19.3 Å². The van der Waals surface area contributed by atoms with Crippen LogP contribution >= 0.6 is 24.0 Å². The molecule has 3 N–H and O–H groups in total. The molecule has 3 rings (SSSR count). The first kappa shape index (κ1) is 24.7. The van der Waals surface area contributed by atoms with Gasteiger partial charge < -0.3 is 20.5 Å². The molecule has 7 heteroatoms. The molecule has 0 fully saturated rings. The van der Waals surface area contributed by atoms with Gasteiger partial charge >= 0.3 is 0 Å². The maximum atomic E-state index is 12.1. The van der Waals surface area contributed by atoms with Gasteiger partial charge in [0.05, 0.1) is 0 Å². The number of rotatable bonds is 8. The van der Waals surface area contributed by atoms with Crippen LogP contribution in [0.15, 0.2) is 59.7 Å². The van der Waals surface area contributed by atoms with Crippen LogP contribution in [-0.4, -0.2) is 56.0 Å². The van der Waals surface area contributed by atoms with Gasteiger partial charge in [-0.15, -0.1) is 24.0 Å². The predicted molar refractivity (Wildman–Crippen MR) is 140 cm³/mol. The molecule has 6 nitrogen and oxygen atoms in total. The number of amides is 1. The van der Waals surface area contributed by atoms with E-state index in [9.17, 15) is 4.79 Å². The van der Waals surface area contributed by atoms with Crippen LogP contribution in [0.3, 0.4) is 0 Å². The van der Waals surface area contributed by atoms with Crippen LogP contribution in [0.4, 0.5) is 0 Å². The SMILES string of the molecule is CN=C(NCCCc1c[nH]c2ccccc12)NCCc1cccc(C(=O)N(C)C)c1.I. The lowest BCUT2D eigenvalue weighted by molar-refractivity contribution is 0.0827. The lowest BCUT2D eigenvalue weighted by atomic mass is 10.1. The third-order valence-electron chi connectivity index (χ3n) is 5.10. The highest BCUT2D eigenvalue weighted by Crippen LogP contribution is 2.18. The number of aromatic amines is 1. The van der Waals surface area contributed by atoms with Gasteiger partial charge in [0.25, 0.3) is 5.91 Å². The Labute approximate surface area is 201 Å². The molecule has 1 amide bonds. The Balaban J connectivity index is 0.00000341. The van der Waals surface area contributed by atoms with E-state index in [0.717, 1.165) is 49.4 Å². The van der Waals surface area contributed by atoms with Crippen LogP contribution in [0.2, 0.25) is 0 Å². The van der Waals surface area contributed by atoms with Crippen molar-refractivity contribution < 1.29 is 4.79 Å². The number of aliphatic imine (C=N–C) groups is 1. The predicted octanol–water partition coefficient (Wildman–Crippen LogP) is 3.83. The Bertz CT molecular complexity index is 1010. The summed E-state index contributed by atoms with van der Waals surface area (Å²) in [5.74, 6) is 0.826. The molecule has 166 valence electrons. The summed E-state index contributed by atoms with van der Waals surface area (Å²) in [6.07, 6.45) is 4.97. The van der Waals surface area contributed by atoms with E-state index in [4.69, 9.17) is 0 Å². The number of aryl methyl sites for hydroxylation is 1. The summed E-state index contributed by atoms with van der Waals surface area (Å²) in [6.45, 7) is 1.60. The van der Waals surface area contributed by atoms with E-state index in [1.807, 2.05) is 24.3 Å². The monoisotopic (exact) mass is 533 g/mol. The van der Waals surface area contributed by atoms with E-state index >= 15 is 0 Å². The van der Waals surface area contributed by atoms with Crippen molar-refractivity contribution in [1.29, 1.82) is 0 Å². The molecule has 0 unspecified atom stereocenters. The number of carbonyl (C=O) groups excluding carboxylic acids is 1. The average molecular weight is 533 g/mol. The number of nitrogens with one attached hydrogen (secondary N) is 3. The minimum absolute atomic E-state index is 0. The van der Waals surface area contributed by atoms with Gasteiger partial charge in [-0.1, -0.05) is 30.3 Å². The van der Waals surface area contributed by atoms with Gasteiger partial charge in [-0.2, -0.15) is 0 Å². The molecular weight excluding hydrogens is 501 g/mol. The second-order valence-electron chi connectivity index (χ2n) is 7.54. The third kappa shape index (κ3) is 6.99. The molecule has 0 spiro atoms. The van der Waals surface area contributed by atoms with E-state index in [1.54, 1.807) is 26.0 Å². The topological polar surface area (TPSA) is 72.5 Å². The lowest BCUT2D eigenvalue weighted by Crippen LogP contribution is -2.38. The Hall–Kier alpha value is -2.55. The van der Waals surface area contributed by atoms with E-state index in [2.05, 4.69) is 51.1 Å². The van der Waals surface area contributed by atoms with E-state index in [-0.39, 0.29) is 29.9 Å². The van der Waals surface area contributed by atoms with Gasteiger partial charge in [0.1, 0.15) is 0 Å². The molecule has 1 aromatic heterocycles. The quantitative estimate of drug-likeness (QED) is 0.179. The summed E-state index contributed by atoms with van der Waals surface area (Å²) in [7, 11) is 5.32. The molecule has 2 aromatic carbocycles. The molecule has 0 saturated heterocycles. The Morgan fingerprint density at radius 1 is 1.03 bits per heavy atom.